The SMILES string of the molecule is O=S(=O)(CCO)Nc1ccc2c(c1)N1CC(C1)OC/C=C\CC1CCCN(C1)c1cc(ccn1)-c1nnc-2o1. The van der Waals surface area contributed by atoms with Crippen molar-refractivity contribution in [3.05, 3.63) is 48.7 Å². The van der Waals surface area contributed by atoms with Crippen LogP contribution >= 0.6 is 0 Å². The summed E-state index contributed by atoms with van der Waals surface area (Å²) in [6, 6.07) is 9.05. The first-order valence-corrected chi connectivity index (χ1v) is 14.9. The Hall–Kier alpha value is -3.48. The van der Waals surface area contributed by atoms with Gasteiger partial charge in [0.2, 0.25) is 21.8 Å². The molecular weight excluding hydrogens is 520 g/mol. The molecule has 0 amide bonds. The van der Waals surface area contributed by atoms with Gasteiger partial charge in [-0.2, -0.15) is 0 Å². The third kappa shape index (κ3) is 5.77. The molecule has 2 N–H and O–H groups in total. The molecule has 39 heavy (non-hydrogen) atoms. The fourth-order valence-corrected chi connectivity index (χ4v) is 6.14. The number of anilines is 3. The minimum Gasteiger partial charge on any atom is -0.416 e. The monoisotopic (exact) mass is 552 g/mol. The minimum atomic E-state index is -3.67. The highest BCUT2D eigenvalue weighted by Crippen LogP contribution is 2.37. The molecule has 0 saturated carbocycles. The van der Waals surface area contributed by atoms with E-state index in [2.05, 4.69) is 41.9 Å². The zero-order chi connectivity index (χ0) is 26.8. The predicted octanol–water partition coefficient (Wildman–Crippen LogP) is 2.91. The summed E-state index contributed by atoms with van der Waals surface area (Å²) in [6.45, 7) is 3.31. The van der Waals surface area contributed by atoms with Crippen LogP contribution in [0.1, 0.15) is 19.3 Å². The van der Waals surface area contributed by atoms with Gasteiger partial charge in [-0.15, -0.1) is 10.2 Å². The molecule has 1 atom stereocenters. The summed E-state index contributed by atoms with van der Waals surface area (Å²) >= 11 is 0. The first kappa shape index (κ1) is 25.8. The highest BCUT2D eigenvalue weighted by Gasteiger charge is 2.31. The number of hydrogen-bond donors (Lipinski definition) is 2. The lowest BCUT2D eigenvalue weighted by molar-refractivity contribution is 0.0531. The summed E-state index contributed by atoms with van der Waals surface area (Å²) in [7, 11) is -3.67. The lowest BCUT2D eigenvalue weighted by atomic mass is 9.94. The quantitative estimate of drug-likeness (QED) is 0.465. The van der Waals surface area contributed by atoms with Crippen molar-refractivity contribution in [1.29, 1.82) is 0 Å². The molecule has 206 valence electrons. The number of fused-ring (bicyclic) bond motifs is 3. The number of aliphatic hydroxyl groups excluding tert-OH is 1. The van der Waals surface area contributed by atoms with E-state index in [1.165, 1.54) is 6.42 Å². The van der Waals surface area contributed by atoms with Crippen LogP contribution in [-0.4, -0.2) is 80.0 Å². The third-order valence-corrected chi connectivity index (χ3v) is 8.64. The van der Waals surface area contributed by atoms with Gasteiger partial charge in [-0.25, -0.2) is 13.4 Å². The van der Waals surface area contributed by atoms with Crippen molar-refractivity contribution in [1.82, 2.24) is 15.2 Å². The lowest BCUT2D eigenvalue weighted by Gasteiger charge is -2.41. The van der Waals surface area contributed by atoms with Crippen LogP contribution in [0.5, 0.6) is 0 Å². The topological polar surface area (TPSA) is 134 Å². The number of pyridine rings is 1. The van der Waals surface area contributed by atoms with Gasteiger partial charge >= 0.3 is 0 Å². The Morgan fingerprint density at radius 1 is 1.05 bits per heavy atom. The second-order valence-corrected chi connectivity index (χ2v) is 12.1. The Kier molecular flexibility index (Phi) is 7.24. The molecule has 0 aliphatic carbocycles. The summed E-state index contributed by atoms with van der Waals surface area (Å²) in [5.41, 5.74) is 2.65. The summed E-state index contributed by atoms with van der Waals surface area (Å²) < 4.78 is 39.3. The number of aromatic nitrogens is 3. The number of allylic oxidation sites excluding steroid dienone is 1. The summed E-state index contributed by atoms with van der Waals surface area (Å²) in [5, 5.41) is 17.8. The Labute approximate surface area is 227 Å². The van der Waals surface area contributed by atoms with Crippen LogP contribution in [0.25, 0.3) is 22.9 Å². The third-order valence-electron chi connectivity index (χ3n) is 7.37. The molecule has 1 aromatic carbocycles. The van der Waals surface area contributed by atoms with Crippen molar-refractivity contribution in [2.75, 3.05) is 59.7 Å². The maximum absolute atomic E-state index is 12.3. The van der Waals surface area contributed by atoms with Crippen molar-refractivity contribution < 1.29 is 22.7 Å². The van der Waals surface area contributed by atoms with Crippen LogP contribution in [0, 0.1) is 5.92 Å². The van der Waals surface area contributed by atoms with Gasteiger partial charge in [0.05, 0.1) is 42.0 Å². The van der Waals surface area contributed by atoms with E-state index in [1.807, 2.05) is 12.1 Å². The number of nitrogens with one attached hydrogen (secondary N) is 1. The van der Waals surface area contributed by atoms with Gasteiger partial charge in [-0.1, -0.05) is 12.2 Å². The molecule has 4 aliphatic rings. The van der Waals surface area contributed by atoms with Crippen LogP contribution in [0.3, 0.4) is 0 Å². The molecular formula is C27H32N6O5S. The van der Waals surface area contributed by atoms with Crippen molar-refractivity contribution in [2.24, 2.45) is 5.92 Å². The van der Waals surface area contributed by atoms with Crippen molar-refractivity contribution in [3.63, 3.8) is 0 Å². The number of ether oxygens (including phenoxy) is 1. The molecule has 11 nitrogen and oxygen atoms in total. The van der Waals surface area contributed by atoms with Crippen molar-refractivity contribution in [3.8, 4) is 22.9 Å². The average molecular weight is 553 g/mol. The number of nitrogens with zero attached hydrogens (tertiary/aromatic N) is 5. The number of sulfonamides is 1. The molecule has 6 heterocycles. The van der Waals surface area contributed by atoms with Crippen molar-refractivity contribution >= 4 is 27.2 Å². The average Bonchev–Trinajstić information content (AvgIpc) is 3.39. The van der Waals surface area contributed by atoms with E-state index in [4.69, 9.17) is 14.3 Å². The number of benzene rings is 1. The number of aliphatic hydroxyl groups is 1. The predicted molar refractivity (Wildman–Crippen MR) is 148 cm³/mol. The lowest BCUT2D eigenvalue weighted by Crippen LogP contribution is -2.52. The molecule has 8 bridgehead atoms. The normalized spacial score (nSPS) is 22.1. The van der Waals surface area contributed by atoms with E-state index in [0.29, 0.717) is 48.6 Å². The van der Waals surface area contributed by atoms with Crippen LogP contribution in [0.2, 0.25) is 0 Å². The number of rotatable bonds is 4. The standard InChI is InChI=1S/C27H32N6O5S/c34-11-13-39(35,36)31-21-6-7-23-24(15-21)33-17-22(18-33)37-12-2-1-4-19-5-3-10-32(16-19)25-14-20(8-9-28-25)26-29-30-27(23)38-26/h1-2,6-9,14-15,19,22,31,34H,3-5,10-13,16-18H2/b2-1-. The van der Waals surface area contributed by atoms with Crippen LogP contribution in [-0.2, 0) is 14.8 Å². The summed E-state index contributed by atoms with van der Waals surface area (Å²) in [5.74, 6) is 1.82. The largest absolute Gasteiger partial charge is 0.416 e. The van der Waals surface area contributed by atoms with Crippen LogP contribution in [0.4, 0.5) is 17.2 Å². The zero-order valence-corrected chi connectivity index (χ0v) is 22.4. The Bertz CT molecular complexity index is 1450. The fraction of sp³-hybridized carbons (Fsp3) is 0.444. The number of piperidine rings is 1. The molecule has 3 aromatic rings. The molecule has 1 unspecified atom stereocenters. The fourth-order valence-electron chi connectivity index (χ4n) is 5.32. The van der Waals surface area contributed by atoms with E-state index in [-0.39, 0.29) is 11.9 Å². The van der Waals surface area contributed by atoms with Gasteiger partial charge in [0.15, 0.2) is 0 Å². The van der Waals surface area contributed by atoms with Gasteiger partial charge in [0, 0.05) is 37.9 Å². The van der Waals surface area contributed by atoms with E-state index in [1.54, 1.807) is 24.4 Å². The first-order valence-electron chi connectivity index (χ1n) is 13.3. The van der Waals surface area contributed by atoms with E-state index in [9.17, 15) is 8.42 Å². The molecule has 2 saturated heterocycles. The van der Waals surface area contributed by atoms with E-state index >= 15 is 0 Å². The van der Waals surface area contributed by atoms with E-state index < -0.39 is 16.6 Å². The van der Waals surface area contributed by atoms with E-state index in [0.717, 1.165) is 43.0 Å². The molecule has 12 heteroatoms. The van der Waals surface area contributed by atoms with Gasteiger partial charge in [-0.3, -0.25) is 4.72 Å². The molecule has 2 aromatic heterocycles. The van der Waals surface area contributed by atoms with Gasteiger partial charge in [0.25, 0.3) is 0 Å². The van der Waals surface area contributed by atoms with Crippen molar-refractivity contribution in [2.45, 2.75) is 25.4 Å². The Morgan fingerprint density at radius 2 is 1.92 bits per heavy atom. The molecule has 7 rings (SSSR count). The minimum absolute atomic E-state index is 0.0651. The smallest absolute Gasteiger partial charge is 0.250 e. The molecule has 0 radical (unpaired) electrons. The highest BCUT2D eigenvalue weighted by molar-refractivity contribution is 7.92. The summed E-state index contributed by atoms with van der Waals surface area (Å²) in [6.07, 6.45) is 9.50. The summed E-state index contributed by atoms with van der Waals surface area (Å²) in [4.78, 5) is 9.05. The van der Waals surface area contributed by atoms with Gasteiger partial charge in [-0.05, 0) is 55.5 Å². The number of hydrogen-bond acceptors (Lipinski definition) is 10. The van der Waals surface area contributed by atoms with Crippen LogP contribution < -0.4 is 14.5 Å². The Morgan fingerprint density at radius 3 is 2.79 bits per heavy atom. The van der Waals surface area contributed by atoms with Gasteiger partial charge < -0.3 is 24.1 Å². The molecule has 0 spiro atoms. The maximum Gasteiger partial charge on any atom is 0.250 e. The Balaban J connectivity index is 1.35. The second kappa shape index (κ2) is 10.9. The van der Waals surface area contributed by atoms with Gasteiger partial charge in [0.1, 0.15) is 5.82 Å². The molecule has 4 aliphatic heterocycles. The highest BCUT2D eigenvalue weighted by atomic mass is 32.2. The zero-order valence-electron chi connectivity index (χ0n) is 21.6. The molecule has 2 fully saturated rings. The maximum atomic E-state index is 12.3. The second-order valence-electron chi connectivity index (χ2n) is 10.2. The van der Waals surface area contributed by atoms with Crippen LogP contribution in [0.15, 0.2) is 53.1 Å². The first-order chi connectivity index (χ1) is 19.0.